The molecule has 1 amide bonds. The highest BCUT2D eigenvalue weighted by molar-refractivity contribution is 7.89. The lowest BCUT2D eigenvalue weighted by Gasteiger charge is -2.19. The Morgan fingerprint density at radius 2 is 1.84 bits per heavy atom. The fourth-order valence-corrected chi connectivity index (χ4v) is 4.78. The summed E-state index contributed by atoms with van der Waals surface area (Å²) in [4.78, 5) is 12.2. The number of carbonyl (C=O) groups excluding carboxylic acids is 1. The Kier molecular flexibility index (Phi) is 8.99. The number of amides is 1. The number of carbonyl (C=O) groups is 1. The average molecular weight is 489 g/mol. The van der Waals surface area contributed by atoms with Gasteiger partial charge in [0.25, 0.3) is 0 Å². The lowest BCUT2D eigenvalue weighted by molar-refractivity contribution is -0.111. The van der Waals surface area contributed by atoms with E-state index >= 15 is 0 Å². The molecular formula is C21H23ClF2N2O5S. The number of sulfonamides is 1. The van der Waals surface area contributed by atoms with Gasteiger partial charge in [0, 0.05) is 24.9 Å². The fraction of sp³-hybridized carbons (Fsp3) is 0.286. The first kappa shape index (κ1) is 25.6. The molecule has 0 saturated heterocycles. The van der Waals surface area contributed by atoms with E-state index < -0.39 is 22.5 Å². The molecule has 0 aliphatic carbocycles. The van der Waals surface area contributed by atoms with Gasteiger partial charge in [-0.15, -0.1) is 0 Å². The molecule has 174 valence electrons. The van der Waals surface area contributed by atoms with Crippen LogP contribution in [0.5, 0.6) is 11.5 Å². The predicted molar refractivity (Wildman–Crippen MR) is 119 cm³/mol. The second-order valence-corrected chi connectivity index (χ2v) is 8.66. The molecule has 0 unspecified atom stereocenters. The SMILES string of the molecule is CCN(CC)S(=O)(=O)c1cc(NC(=O)/C=C/c2ccc(OC(F)F)c(OC)c2)ccc1Cl. The predicted octanol–water partition coefficient (Wildman–Crippen LogP) is 4.63. The van der Waals surface area contributed by atoms with Crippen LogP contribution >= 0.6 is 11.6 Å². The highest BCUT2D eigenvalue weighted by Gasteiger charge is 2.24. The maximum Gasteiger partial charge on any atom is 0.387 e. The van der Waals surface area contributed by atoms with E-state index in [1.165, 1.54) is 60.0 Å². The number of alkyl halides is 2. The van der Waals surface area contributed by atoms with E-state index in [9.17, 15) is 22.0 Å². The van der Waals surface area contributed by atoms with Crippen molar-refractivity contribution >= 4 is 39.3 Å². The summed E-state index contributed by atoms with van der Waals surface area (Å²) in [5.74, 6) is -0.589. The fourth-order valence-electron chi connectivity index (χ4n) is 2.82. The summed E-state index contributed by atoms with van der Waals surface area (Å²) in [5, 5.41) is 2.62. The molecule has 32 heavy (non-hydrogen) atoms. The number of nitrogens with zero attached hydrogens (tertiary/aromatic N) is 1. The van der Waals surface area contributed by atoms with E-state index in [0.717, 1.165) is 0 Å². The van der Waals surface area contributed by atoms with Crippen LogP contribution in [0.4, 0.5) is 14.5 Å². The minimum absolute atomic E-state index is 0.0450. The molecule has 0 bridgehead atoms. The summed E-state index contributed by atoms with van der Waals surface area (Å²) < 4.78 is 61.0. The van der Waals surface area contributed by atoms with Crippen LogP contribution in [0.2, 0.25) is 5.02 Å². The van der Waals surface area contributed by atoms with Gasteiger partial charge in [0.05, 0.1) is 12.1 Å². The monoisotopic (exact) mass is 488 g/mol. The number of anilines is 1. The van der Waals surface area contributed by atoms with E-state index in [1.54, 1.807) is 13.8 Å². The minimum Gasteiger partial charge on any atom is -0.493 e. The van der Waals surface area contributed by atoms with Crippen molar-refractivity contribution in [1.82, 2.24) is 4.31 Å². The molecule has 0 radical (unpaired) electrons. The Morgan fingerprint density at radius 3 is 2.44 bits per heavy atom. The van der Waals surface area contributed by atoms with E-state index in [1.807, 2.05) is 0 Å². The zero-order valence-electron chi connectivity index (χ0n) is 17.6. The first-order chi connectivity index (χ1) is 15.1. The Labute approximate surface area is 190 Å². The van der Waals surface area contributed by atoms with Gasteiger partial charge in [-0.2, -0.15) is 13.1 Å². The van der Waals surface area contributed by atoms with Gasteiger partial charge < -0.3 is 14.8 Å². The van der Waals surface area contributed by atoms with Gasteiger partial charge in [-0.25, -0.2) is 8.42 Å². The Balaban J connectivity index is 2.19. The molecule has 0 aromatic heterocycles. The van der Waals surface area contributed by atoms with Crippen molar-refractivity contribution in [3.8, 4) is 11.5 Å². The number of rotatable bonds is 10. The van der Waals surface area contributed by atoms with Crippen LogP contribution in [0, 0.1) is 0 Å². The molecule has 0 fully saturated rings. The molecule has 0 aliphatic heterocycles. The lowest BCUT2D eigenvalue weighted by atomic mass is 10.2. The van der Waals surface area contributed by atoms with Crippen LogP contribution in [-0.4, -0.2) is 45.4 Å². The molecule has 2 rings (SSSR count). The smallest absolute Gasteiger partial charge is 0.387 e. The van der Waals surface area contributed by atoms with Crippen LogP contribution in [0.1, 0.15) is 19.4 Å². The zero-order chi connectivity index (χ0) is 23.9. The molecule has 0 saturated carbocycles. The topological polar surface area (TPSA) is 84.9 Å². The van der Waals surface area contributed by atoms with E-state index in [0.29, 0.717) is 5.56 Å². The average Bonchev–Trinajstić information content (AvgIpc) is 2.74. The number of hydrogen-bond donors (Lipinski definition) is 1. The first-order valence-electron chi connectivity index (χ1n) is 9.54. The number of hydrogen-bond acceptors (Lipinski definition) is 5. The third kappa shape index (κ3) is 6.41. The molecule has 0 aliphatic rings. The quantitative estimate of drug-likeness (QED) is 0.493. The van der Waals surface area contributed by atoms with E-state index in [4.69, 9.17) is 16.3 Å². The standard InChI is InChI=1S/C21H23ClF2N2O5S/c1-4-26(5-2)32(28,29)19-13-15(8-9-16(19)22)25-20(27)11-7-14-6-10-17(31-21(23)24)18(12-14)30-3/h6-13,21H,4-5H2,1-3H3,(H,25,27)/b11-7+. The number of halogens is 3. The highest BCUT2D eigenvalue weighted by Crippen LogP contribution is 2.30. The number of methoxy groups -OCH3 is 1. The summed E-state index contributed by atoms with van der Waals surface area (Å²) >= 11 is 6.09. The van der Waals surface area contributed by atoms with E-state index in [2.05, 4.69) is 10.1 Å². The van der Waals surface area contributed by atoms with Gasteiger partial charge in [-0.1, -0.05) is 31.5 Å². The lowest BCUT2D eigenvalue weighted by Crippen LogP contribution is -2.30. The second-order valence-electron chi connectivity index (χ2n) is 6.35. The Hall–Kier alpha value is -2.69. The molecule has 0 heterocycles. The maximum atomic E-state index is 12.8. The highest BCUT2D eigenvalue weighted by atomic mass is 35.5. The van der Waals surface area contributed by atoms with Gasteiger partial charge >= 0.3 is 6.61 Å². The third-order valence-corrected chi connectivity index (χ3v) is 6.88. The molecule has 1 N–H and O–H groups in total. The van der Waals surface area contributed by atoms with Crippen molar-refractivity contribution in [3.05, 3.63) is 53.1 Å². The van der Waals surface area contributed by atoms with Gasteiger partial charge in [0.15, 0.2) is 11.5 Å². The second kappa shape index (κ2) is 11.3. The van der Waals surface area contributed by atoms with Crippen molar-refractivity contribution in [1.29, 1.82) is 0 Å². The number of benzene rings is 2. The molecular weight excluding hydrogens is 466 g/mol. The molecule has 2 aromatic rings. The summed E-state index contributed by atoms with van der Waals surface area (Å²) in [5.41, 5.74) is 0.743. The van der Waals surface area contributed by atoms with Crippen molar-refractivity contribution in [2.75, 3.05) is 25.5 Å². The maximum absolute atomic E-state index is 12.8. The summed E-state index contributed by atoms with van der Waals surface area (Å²) in [7, 11) is -2.51. The Bertz CT molecular complexity index is 1090. The third-order valence-electron chi connectivity index (χ3n) is 4.35. The van der Waals surface area contributed by atoms with Crippen molar-refractivity contribution < 1.29 is 31.5 Å². The number of ether oxygens (including phenoxy) is 2. The largest absolute Gasteiger partial charge is 0.493 e. The normalized spacial score (nSPS) is 11.9. The first-order valence-corrected chi connectivity index (χ1v) is 11.4. The summed E-state index contributed by atoms with van der Waals surface area (Å²) in [6.45, 7) is 0.989. The van der Waals surface area contributed by atoms with Crippen molar-refractivity contribution in [2.45, 2.75) is 25.4 Å². The van der Waals surface area contributed by atoms with E-state index in [-0.39, 0.29) is 40.2 Å². The Morgan fingerprint density at radius 1 is 1.16 bits per heavy atom. The minimum atomic E-state index is -3.81. The summed E-state index contributed by atoms with van der Waals surface area (Å²) in [6, 6.07) is 8.37. The van der Waals surface area contributed by atoms with Gasteiger partial charge in [0.1, 0.15) is 4.90 Å². The van der Waals surface area contributed by atoms with Crippen LogP contribution in [0.15, 0.2) is 47.4 Å². The van der Waals surface area contributed by atoms with Crippen molar-refractivity contribution in [2.24, 2.45) is 0 Å². The van der Waals surface area contributed by atoms with Gasteiger partial charge in [0.2, 0.25) is 15.9 Å². The molecule has 7 nitrogen and oxygen atoms in total. The molecule has 2 aromatic carbocycles. The van der Waals surface area contributed by atoms with Crippen LogP contribution in [0.3, 0.4) is 0 Å². The van der Waals surface area contributed by atoms with Crippen LogP contribution < -0.4 is 14.8 Å². The van der Waals surface area contributed by atoms with Gasteiger partial charge in [-0.3, -0.25) is 4.79 Å². The van der Waals surface area contributed by atoms with Gasteiger partial charge in [-0.05, 0) is 42.0 Å². The number of nitrogens with one attached hydrogen (secondary N) is 1. The van der Waals surface area contributed by atoms with Crippen molar-refractivity contribution in [3.63, 3.8) is 0 Å². The molecule has 11 heteroatoms. The van der Waals surface area contributed by atoms with Crippen LogP contribution in [-0.2, 0) is 14.8 Å². The summed E-state index contributed by atoms with van der Waals surface area (Å²) in [6.07, 6.45) is 2.64. The molecule has 0 spiro atoms. The molecule has 0 atom stereocenters. The van der Waals surface area contributed by atoms with Crippen LogP contribution in [0.25, 0.3) is 6.08 Å². The zero-order valence-corrected chi connectivity index (χ0v) is 19.2.